The van der Waals surface area contributed by atoms with Crippen molar-refractivity contribution in [2.45, 2.75) is 6.92 Å². The number of anilines is 1. The van der Waals surface area contributed by atoms with Gasteiger partial charge in [0.15, 0.2) is 0 Å². The lowest BCUT2D eigenvalue weighted by molar-refractivity contribution is 0.102. The molecule has 2 aromatic carbocycles. The van der Waals surface area contributed by atoms with Crippen LogP contribution in [-0.2, 0) is 7.05 Å². The molecule has 0 aliphatic heterocycles. The standard InChI is InChI=1S/C16H13Cl2N3O/c1-9-19-14-7-10(3-6-15(14)21(9)2)16(22)20-13-5-4-11(17)8-12(13)18/h3-8H,1-2H3,(H,20,22). The Morgan fingerprint density at radius 2 is 1.95 bits per heavy atom. The maximum atomic E-state index is 12.3. The maximum absolute atomic E-state index is 12.3. The first-order valence-electron chi connectivity index (χ1n) is 6.65. The summed E-state index contributed by atoms with van der Waals surface area (Å²) in [6.07, 6.45) is 0. The van der Waals surface area contributed by atoms with Gasteiger partial charge in [0.2, 0.25) is 0 Å². The molecule has 1 heterocycles. The molecule has 3 rings (SSSR count). The number of hydrogen-bond donors (Lipinski definition) is 1. The summed E-state index contributed by atoms with van der Waals surface area (Å²) in [5, 5.41) is 3.70. The summed E-state index contributed by atoms with van der Waals surface area (Å²) in [4.78, 5) is 16.8. The number of hydrogen-bond acceptors (Lipinski definition) is 2. The van der Waals surface area contributed by atoms with Gasteiger partial charge in [-0.2, -0.15) is 0 Å². The second-order valence-electron chi connectivity index (χ2n) is 5.00. The van der Waals surface area contributed by atoms with E-state index in [1.54, 1.807) is 30.3 Å². The van der Waals surface area contributed by atoms with Crippen molar-refractivity contribution in [2.75, 3.05) is 5.32 Å². The van der Waals surface area contributed by atoms with Gasteiger partial charge in [0.05, 0.1) is 21.7 Å². The van der Waals surface area contributed by atoms with Crippen LogP contribution in [0.4, 0.5) is 5.69 Å². The number of nitrogens with zero attached hydrogens (tertiary/aromatic N) is 2. The van der Waals surface area contributed by atoms with Crippen LogP contribution in [0.5, 0.6) is 0 Å². The van der Waals surface area contributed by atoms with Crippen molar-refractivity contribution in [1.82, 2.24) is 9.55 Å². The van der Waals surface area contributed by atoms with Gasteiger partial charge < -0.3 is 9.88 Å². The molecule has 0 saturated carbocycles. The Balaban J connectivity index is 1.91. The summed E-state index contributed by atoms with van der Waals surface area (Å²) < 4.78 is 1.98. The summed E-state index contributed by atoms with van der Waals surface area (Å²) >= 11 is 11.9. The lowest BCUT2D eigenvalue weighted by atomic mass is 10.2. The van der Waals surface area contributed by atoms with E-state index in [4.69, 9.17) is 23.2 Å². The van der Waals surface area contributed by atoms with E-state index in [1.807, 2.05) is 24.6 Å². The zero-order valence-electron chi connectivity index (χ0n) is 12.0. The highest BCUT2D eigenvalue weighted by molar-refractivity contribution is 6.36. The van der Waals surface area contributed by atoms with Crippen LogP contribution in [0.3, 0.4) is 0 Å². The molecule has 0 aliphatic carbocycles. The lowest BCUT2D eigenvalue weighted by Crippen LogP contribution is -2.12. The number of aromatic nitrogens is 2. The van der Waals surface area contributed by atoms with E-state index in [2.05, 4.69) is 10.3 Å². The van der Waals surface area contributed by atoms with Crippen molar-refractivity contribution >= 4 is 45.8 Å². The maximum Gasteiger partial charge on any atom is 0.255 e. The molecule has 0 atom stereocenters. The van der Waals surface area contributed by atoms with Gasteiger partial charge in [-0.3, -0.25) is 4.79 Å². The van der Waals surface area contributed by atoms with Gasteiger partial charge in [-0.05, 0) is 43.3 Å². The Labute approximate surface area is 137 Å². The Kier molecular flexibility index (Phi) is 3.81. The zero-order valence-corrected chi connectivity index (χ0v) is 13.5. The summed E-state index contributed by atoms with van der Waals surface area (Å²) in [5.41, 5.74) is 2.82. The summed E-state index contributed by atoms with van der Waals surface area (Å²) in [7, 11) is 1.94. The fraction of sp³-hybridized carbons (Fsp3) is 0.125. The van der Waals surface area contributed by atoms with E-state index < -0.39 is 0 Å². The molecule has 0 radical (unpaired) electrons. The Morgan fingerprint density at radius 3 is 2.68 bits per heavy atom. The number of halogens is 2. The highest BCUT2D eigenvalue weighted by Gasteiger charge is 2.11. The third-order valence-corrected chi connectivity index (χ3v) is 4.09. The second kappa shape index (κ2) is 5.63. The molecule has 0 fully saturated rings. The van der Waals surface area contributed by atoms with Crippen LogP contribution < -0.4 is 5.32 Å². The third-order valence-electron chi connectivity index (χ3n) is 3.55. The van der Waals surface area contributed by atoms with E-state index in [9.17, 15) is 4.79 Å². The van der Waals surface area contributed by atoms with Gasteiger partial charge in [0, 0.05) is 17.6 Å². The number of imidazole rings is 1. The summed E-state index contributed by atoms with van der Waals surface area (Å²) in [6.45, 7) is 1.92. The monoisotopic (exact) mass is 333 g/mol. The van der Waals surface area contributed by atoms with Gasteiger partial charge in [0.1, 0.15) is 5.82 Å². The number of carbonyl (C=O) groups is 1. The molecule has 6 heteroatoms. The van der Waals surface area contributed by atoms with E-state index in [1.165, 1.54) is 0 Å². The minimum atomic E-state index is -0.241. The Morgan fingerprint density at radius 1 is 1.18 bits per heavy atom. The molecular weight excluding hydrogens is 321 g/mol. The van der Waals surface area contributed by atoms with Crippen LogP contribution in [0.15, 0.2) is 36.4 Å². The molecule has 0 spiro atoms. The average molecular weight is 334 g/mol. The highest BCUT2D eigenvalue weighted by atomic mass is 35.5. The molecule has 0 bridgehead atoms. The molecule has 1 aromatic heterocycles. The van der Waals surface area contributed by atoms with Crippen LogP contribution in [0.2, 0.25) is 10.0 Å². The SMILES string of the molecule is Cc1nc2cc(C(=O)Nc3ccc(Cl)cc3Cl)ccc2n1C. The number of benzene rings is 2. The van der Waals surface area contributed by atoms with Crippen LogP contribution in [0.1, 0.15) is 16.2 Å². The van der Waals surface area contributed by atoms with E-state index >= 15 is 0 Å². The van der Waals surface area contributed by atoms with Crippen molar-refractivity contribution in [1.29, 1.82) is 0 Å². The van der Waals surface area contributed by atoms with Gasteiger partial charge >= 0.3 is 0 Å². The van der Waals surface area contributed by atoms with Crippen LogP contribution in [-0.4, -0.2) is 15.5 Å². The lowest BCUT2D eigenvalue weighted by Gasteiger charge is -2.07. The summed E-state index contributed by atoms with van der Waals surface area (Å²) in [6, 6.07) is 10.3. The molecule has 112 valence electrons. The van der Waals surface area contributed by atoms with Gasteiger partial charge in [-0.15, -0.1) is 0 Å². The zero-order chi connectivity index (χ0) is 15.9. The Hall–Kier alpha value is -2.04. The minimum absolute atomic E-state index is 0.241. The number of carbonyl (C=O) groups excluding carboxylic acids is 1. The van der Waals surface area contributed by atoms with Crippen LogP contribution >= 0.6 is 23.2 Å². The largest absolute Gasteiger partial charge is 0.331 e. The smallest absolute Gasteiger partial charge is 0.255 e. The molecule has 4 nitrogen and oxygen atoms in total. The number of nitrogens with one attached hydrogen (secondary N) is 1. The fourth-order valence-corrected chi connectivity index (χ4v) is 2.70. The topological polar surface area (TPSA) is 46.9 Å². The molecule has 1 N–H and O–H groups in total. The number of rotatable bonds is 2. The van der Waals surface area contributed by atoms with Crippen molar-refractivity contribution in [3.05, 3.63) is 57.8 Å². The van der Waals surface area contributed by atoms with E-state index in [0.29, 0.717) is 21.3 Å². The van der Waals surface area contributed by atoms with Crippen molar-refractivity contribution in [3.63, 3.8) is 0 Å². The predicted octanol–water partition coefficient (Wildman–Crippen LogP) is 4.44. The molecule has 22 heavy (non-hydrogen) atoms. The quantitative estimate of drug-likeness (QED) is 0.753. The molecule has 0 aliphatic rings. The highest BCUT2D eigenvalue weighted by Crippen LogP contribution is 2.26. The Bertz CT molecular complexity index is 886. The molecule has 0 saturated heterocycles. The fourth-order valence-electron chi connectivity index (χ4n) is 2.25. The van der Waals surface area contributed by atoms with E-state index in [-0.39, 0.29) is 5.91 Å². The minimum Gasteiger partial charge on any atom is -0.331 e. The van der Waals surface area contributed by atoms with Gasteiger partial charge in [-0.25, -0.2) is 4.98 Å². The number of amides is 1. The first-order chi connectivity index (χ1) is 10.5. The van der Waals surface area contributed by atoms with Crippen LogP contribution in [0, 0.1) is 6.92 Å². The molecular formula is C16H13Cl2N3O. The molecule has 3 aromatic rings. The molecule has 1 amide bonds. The van der Waals surface area contributed by atoms with Crippen molar-refractivity contribution in [2.24, 2.45) is 7.05 Å². The number of aryl methyl sites for hydroxylation is 2. The summed E-state index contributed by atoms with van der Waals surface area (Å²) in [5.74, 6) is 0.655. The van der Waals surface area contributed by atoms with Gasteiger partial charge in [0.25, 0.3) is 5.91 Å². The van der Waals surface area contributed by atoms with E-state index in [0.717, 1.165) is 16.9 Å². The van der Waals surface area contributed by atoms with Crippen molar-refractivity contribution < 1.29 is 4.79 Å². The van der Waals surface area contributed by atoms with Gasteiger partial charge in [-0.1, -0.05) is 23.2 Å². The normalized spacial score (nSPS) is 10.9. The predicted molar refractivity (Wildman–Crippen MR) is 89.9 cm³/mol. The first-order valence-corrected chi connectivity index (χ1v) is 7.41. The third kappa shape index (κ3) is 2.67. The van der Waals surface area contributed by atoms with Crippen molar-refractivity contribution in [3.8, 4) is 0 Å². The average Bonchev–Trinajstić information content (AvgIpc) is 2.76. The number of fused-ring (bicyclic) bond motifs is 1. The van der Waals surface area contributed by atoms with Crippen LogP contribution in [0.25, 0.3) is 11.0 Å². The molecule has 0 unspecified atom stereocenters. The first kappa shape index (κ1) is 14.9. The second-order valence-corrected chi connectivity index (χ2v) is 5.84.